The smallest absolute Gasteiger partial charge is 0.241 e. The van der Waals surface area contributed by atoms with E-state index in [1.54, 1.807) is 0 Å². The lowest BCUT2D eigenvalue weighted by Crippen LogP contribution is -2.26. The predicted octanol–water partition coefficient (Wildman–Crippen LogP) is 3.29. The summed E-state index contributed by atoms with van der Waals surface area (Å²) < 4.78 is 10.5. The van der Waals surface area contributed by atoms with Crippen LogP contribution < -0.4 is 10.1 Å². The van der Waals surface area contributed by atoms with Gasteiger partial charge in [-0.15, -0.1) is 0 Å². The molecule has 1 saturated heterocycles. The molecule has 0 unspecified atom stereocenters. The molecule has 2 atom stereocenters. The Kier molecular flexibility index (Phi) is 4.34. The number of ether oxygens (including phenoxy) is 1. The van der Waals surface area contributed by atoms with Crippen LogP contribution in [0.1, 0.15) is 53.0 Å². The molecule has 3 aromatic heterocycles. The fourth-order valence-corrected chi connectivity index (χ4v) is 3.94. The molecule has 1 aliphatic heterocycles. The fourth-order valence-electron chi connectivity index (χ4n) is 3.94. The lowest BCUT2D eigenvalue weighted by molar-refractivity contribution is -0.119. The number of fused-ring (bicyclic) bond motifs is 1. The maximum Gasteiger partial charge on any atom is 0.241 e. The number of pyridine rings is 1. The minimum absolute atomic E-state index is 0.0833. The second-order valence-corrected chi connectivity index (χ2v) is 9.50. The van der Waals surface area contributed by atoms with E-state index in [4.69, 9.17) is 9.72 Å². The van der Waals surface area contributed by atoms with E-state index in [1.165, 1.54) is 0 Å². The van der Waals surface area contributed by atoms with Crippen molar-refractivity contribution in [3.63, 3.8) is 0 Å². The molecule has 1 aliphatic carbocycles. The molecule has 0 spiro atoms. The summed E-state index contributed by atoms with van der Waals surface area (Å²) in [5.74, 6) is 0.807. The molecule has 8 heteroatoms. The van der Waals surface area contributed by atoms with E-state index < -0.39 is 0 Å². The molecule has 158 valence electrons. The monoisotopic (exact) mass is 408 g/mol. The highest BCUT2D eigenvalue weighted by atomic mass is 16.5. The molecule has 30 heavy (non-hydrogen) atoms. The number of imidazole rings is 1. The van der Waals surface area contributed by atoms with Gasteiger partial charge in [0.1, 0.15) is 11.6 Å². The van der Waals surface area contributed by atoms with E-state index in [0.29, 0.717) is 24.9 Å². The number of carbonyl (C=O) groups excluding carboxylic acids is 1. The van der Waals surface area contributed by atoms with Crippen molar-refractivity contribution >= 4 is 16.9 Å². The Labute approximate surface area is 175 Å². The average molecular weight is 409 g/mol. The van der Waals surface area contributed by atoms with Gasteiger partial charge in [0.15, 0.2) is 0 Å². The molecule has 0 bridgehead atoms. The lowest BCUT2D eigenvalue weighted by atomic mass is 10.0. The van der Waals surface area contributed by atoms with Crippen LogP contribution in [0.3, 0.4) is 0 Å². The van der Waals surface area contributed by atoms with Crippen LogP contribution in [0.25, 0.3) is 22.3 Å². The second-order valence-electron chi connectivity index (χ2n) is 9.50. The Hall–Kier alpha value is -2.90. The third-order valence-corrected chi connectivity index (χ3v) is 6.00. The molecule has 1 amide bonds. The molecule has 5 rings (SSSR count). The van der Waals surface area contributed by atoms with Gasteiger partial charge >= 0.3 is 0 Å². The summed E-state index contributed by atoms with van der Waals surface area (Å²) >= 11 is 0. The van der Waals surface area contributed by atoms with E-state index in [1.807, 2.05) is 36.4 Å². The summed E-state index contributed by atoms with van der Waals surface area (Å²) in [4.78, 5) is 21.2. The van der Waals surface area contributed by atoms with Gasteiger partial charge in [0.05, 0.1) is 29.3 Å². The van der Waals surface area contributed by atoms with E-state index in [0.717, 1.165) is 35.1 Å². The SMILES string of the molecule is C[C@@H](Oc1nc(-c2cnn(C(C)(C)C)c2)cc2ncn(C3CC3)c12)[C@H]1CNC(=O)C1. The maximum absolute atomic E-state index is 11.6. The van der Waals surface area contributed by atoms with Gasteiger partial charge < -0.3 is 14.6 Å². The minimum Gasteiger partial charge on any atom is -0.473 e. The number of amides is 1. The molecule has 0 aromatic carbocycles. The first-order chi connectivity index (χ1) is 14.3. The zero-order valence-electron chi connectivity index (χ0n) is 17.9. The van der Waals surface area contributed by atoms with E-state index >= 15 is 0 Å². The molecule has 8 nitrogen and oxygen atoms in total. The lowest BCUT2D eigenvalue weighted by Gasteiger charge is -2.20. The Balaban J connectivity index is 1.55. The van der Waals surface area contributed by atoms with Gasteiger partial charge in [0.25, 0.3) is 0 Å². The number of carbonyl (C=O) groups is 1. The molecule has 4 heterocycles. The van der Waals surface area contributed by atoms with Crippen LogP contribution in [0.2, 0.25) is 0 Å². The zero-order chi connectivity index (χ0) is 21.0. The summed E-state index contributed by atoms with van der Waals surface area (Å²) in [7, 11) is 0. The fraction of sp³-hybridized carbons (Fsp3) is 0.545. The van der Waals surface area contributed by atoms with Gasteiger partial charge in [-0.2, -0.15) is 5.10 Å². The van der Waals surface area contributed by atoms with E-state index in [-0.39, 0.29) is 23.5 Å². The highest BCUT2D eigenvalue weighted by Crippen LogP contribution is 2.40. The van der Waals surface area contributed by atoms with Gasteiger partial charge in [0, 0.05) is 36.7 Å². The quantitative estimate of drug-likeness (QED) is 0.700. The average Bonchev–Trinajstić information content (AvgIpc) is 3.10. The first-order valence-electron chi connectivity index (χ1n) is 10.7. The van der Waals surface area contributed by atoms with Gasteiger partial charge in [-0.05, 0) is 46.6 Å². The van der Waals surface area contributed by atoms with Crippen LogP contribution in [0.5, 0.6) is 5.88 Å². The van der Waals surface area contributed by atoms with Crippen molar-refractivity contribution in [2.75, 3.05) is 6.54 Å². The third-order valence-electron chi connectivity index (χ3n) is 6.00. The van der Waals surface area contributed by atoms with Crippen molar-refractivity contribution in [3.8, 4) is 17.1 Å². The van der Waals surface area contributed by atoms with E-state index in [9.17, 15) is 4.79 Å². The van der Waals surface area contributed by atoms with Crippen LogP contribution in [0, 0.1) is 5.92 Å². The van der Waals surface area contributed by atoms with Crippen molar-refractivity contribution in [3.05, 3.63) is 24.8 Å². The van der Waals surface area contributed by atoms with E-state index in [2.05, 4.69) is 40.7 Å². The number of hydrogen-bond donors (Lipinski definition) is 1. The first-order valence-corrected chi connectivity index (χ1v) is 10.7. The molecular weight excluding hydrogens is 380 g/mol. The standard InChI is InChI=1S/C22H28N6O2/c1-13(14-7-19(29)23-9-14)30-21-20-18(24-12-27(20)16-5-6-16)8-17(26-21)15-10-25-28(11-15)22(2,3)4/h8,10-14,16H,5-7,9H2,1-4H3,(H,23,29)/t13-,14-/m1/s1. The van der Waals surface area contributed by atoms with Crippen molar-refractivity contribution in [1.29, 1.82) is 0 Å². The van der Waals surface area contributed by atoms with Gasteiger partial charge in [-0.25, -0.2) is 9.97 Å². The minimum atomic E-state index is -0.130. The molecular formula is C22H28N6O2. The Morgan fingerprint density at radius 3 is 2.73 bits per heavy atom. The van der Waals surface area contributed by atoms with Gasteiger partial charge in [-0.1, -0.05) is 0 Å². The van der Waals surface area contributed by atoms with Crippen LogP contribution >= 0.6 is 0 Å². The largest absolute Gasteiger partial charge is 0.473 e. The third kappa shape index (κ3) is 3.44. The molecule has 2 fully saturated rings. The zero-order valence-corrected chi connectivity index (χ0v) is 17.9. The van der Waals surface area contributed by atoms with Gasteiger partial charge in [0.2, 0.25) is 11.8 Å². The first kappa shape index (κ1) is 19.1. The van der Waals surface area contributed by atoms with Gasteiger partial charge in [-0.3, -0.25) is 9.48 Å². The van der Waals surface area contributed by atoms with Crippen molar-refractivity contribution in [2.24, 2.45) is 5.92 Å². The van der Waals surface area contributed by atoms with Crippen LogP contribution in [0.15, 0.2) is 24.8 Å². The summed E-state index contributed by atoms with van der Waals surface area (Å²) in [6, 6.07) is 2.48. The number of nitrogens with zero attached hydrogens (tertiary/aromatic N) is 5. The Bertz CT molecular complexity index is 1100. The summed E-state index contributed by atoms with van der Waals surface area (Å²) in [6.07, 6.45) is 8.41. The predicted molar refractivity (Wildman–Crippen MR) is 113 cm³/mol. The van der Waals surface area contributed by atoms with Crippen molar-refractivity contribution < 1.29 is 9.53 Å². The number of rotatable bonds is 5. The summed E-state index contributed by atoms with van der Waals surface area (Å²) in [5.41, 5.74) is 3.43. The van der Waals surface area contributed by atoms with Crippen molar-refractivity contribution in [1.82, 2.24) is 29.6 Å². The van der Waals surface area contributed by atoms with Crippen LogP contribution in [-0.4, -0.2) is 42.9 Å². The Morgan fingerprint density at radius 1 is 1.30 bits per heavy atom. The molecule has 1 N–H and O–H groups in total. The summed E-state index contributed by atoms with van der Waals surface area (Å²) in [6.45, 7) is 9.00. The number of aromatic nitrogens is 5. The number of hydrogen-bond acceptors (Lipinski definition) is 5. The van der Waals surface area contributed by atoms with Crippen molar-refractivity contribution in [2.45, 2.75) is 64.6 Å². The van der Waals surface area contributed by atoms with Crippen LogP contribution in [0.4, 0.5) is 0 Å². The molecule has 3 aromatic rings. The highest BCUT2D eigenvalue weighted by molar-refractivity contribution is 5.84. The molecule has 2 aliphatic rings. The molecule has 0 radical (unpaired) electrons. The summed E-state index contributed by atoms with van der Waals surface area (Å²) in [5, 5.41) is 7.41. The topological polar surface area (TPSA) is 86.9 Å². The normalized spacial score (nSPS) is 20.5. The second kappa shape index (κ2) is 6.82. The maximum atomic E-state index is 11.6. The Morgan fingerprint density at radius 2 is 2.10 bits per heavy atom. The molecule has 1 saturated carbocycles. The highest BCUT2D eigenvalue weighted by Gasteiger charge is 2.31. The number of nitrogens with one attached hydrogen (secondary N) is 1. The van der Waals surface area contributed by atoms with Crippen LogP contribution in [-0.2, 0) is 10.3 Å².